The van der Waals surface area contributed by atoms with Crippen molar-refractivity contribution in [1.82, 2.24) is 10.2 Å². The first kappa shape index (κ1) is 18.6. The minimum Gasteiger partial charge on any atom is -0.325 e. The van der Waals surface area contributed by atoms with Crippen molar-refractivity contribution in [1.29, 1.82) is 0 Å². The van der Waals surface area contributed by atoms with E-state index in [9.17, 15) is 4.79 Å². The third-order valence-corrected chi connectivity index (χ3v) is 6.60. The van der Waals surface area contributed by atoms with Gasteiger partial charge in [0.25, 0.3) is 0 Å². The summed E-state index contributed by atoms with van der Waals surface area (Å²) in [7, 11) is 0. The standard InChI is InChI=1S/C15H18ClN3OS3/c1-4-7-21-14-18-19-15(23-14)22-10(3)13(20)17-12-8-11(16)6-5-9(12)2/h5-6,8,10H,4,7H2,1-3H3,(H,17,20)/t10-/m1/s1. The highest BCUT2D eigenvalue weighted by Gasteiger charge is 2.18. The zero-order chi connectivity index (χ0) is 16.8. The van der Waals surface area contributed by atoms with Gasteiger partial charge in [0, 0.05) is 16.5 Å². The number of benzene rings is 1. The van der Waals surface area contributed by atoms with E-state index < -0.39 is 0 Å². The summed E-state index contributed by atoms with van der Waals surface area (Å²) in [6.45, 7) is 5.93. The van der Waals surface area contributed by atoms with E-state index >= 15 is 0 Å². The molecule has 0 aliphatic carbocycles. The van der Waals surface area contributed by atoms with Crippen LogP contribution >= 0.6 is 46.5 Å². The first-order valence-electron chi connectivity index (χ1n) is 7.19. The number of carbonyl (C=O) groups is 1. The molecule has 124 valence electrons. The first-order chi connectivity index (χ1) is 11.0. The van der Waals surface area contributed by atoms with E-state index in [0.717, 1.165) is 32.1 Å². The Labute approximate surface area is 153 Å². The molecule has 1 N–H and O–H groups in total. The topological polar surface area (TPSA) is 54.9 Å². The summed E-state index contributed by atoms with van der Waals surface area (Å²) in [4.78, 5) is 12.3. The molecule has 8 heteroatoms. The molecular weight excluding hydrogens is 370 g/mol. The summed E-state index contributed by atoms with van der Waals surface area (Å²) in [5.74, 6) is 0.960. The lowest BCUT2D eigenvalue weighted by molar-refractivity contribution is -0.115. The normalized spacial score (nSPS) is 12.2. The molecule has 0 spiro atoms. The van der Waals surface area contributed by atoms with E-state index in [-0.39, 0.29) is 11.2 Å². The molecule has 4 nitrogen and oxygen atoms in total. The van der Waals surface area contributed by atoms with Gasteiger partial charge in [-0.3, -0.25) is 4.79 Å². The van der Waals surface area contributed by atoms with Crippen molar-refractivity contribution in [3.8, 4) is 0 Å². The SMILES string of the molecule is CCCSc1nnc(S[C@H](C)C(=O)Nc2cc(Cl)ccc2C)s1. The van der Waals surface area contributed by atoms with Gasteiger partial charge in [-0.1, -0.05) is 59.5 Å². The van der Waals surface area contributed by atoms with Crippen LogP contribution < -0.4 is 5.32 Å². The van der Waals surface area contributed by atoms with E-state index in [1.165, 1.54) is 23.1 Å². The Morgan fingerprint density at radius 1 is 1.39 bits per heavy atom. The number of aromatic nitrogens is 2. The fourth-order valence-electron chi connectivity index (χ4n) is 1.66. The van der Waals surface area contributed by atoms with E-state index in [1.54, 1.807) is 17.8 Å². The molecule has 0 saturated heterocycles. The summed E-state index contributed by atoms with van der Waals surface area (Å²) >= 11 is 10.6. The molecule has 0 aliphatic rings. The molecule has 0 aliphatic heterocycles. The van der Waals surface area contributed by atoms with Crippen LogP contribution in [0.4, 0.5) is 5.69 Å². The lowest BCUT2D eigenvalue weighted by atomic mass is 10.2. The van der Waals surface area contributed by atoms with Crippen LogP contribution in [0.1, 0.15) is 25.8 Å². The summed E-state index contributed by atoms with van der Waals surface area (Å²) in [5, 5.41) is 11.5. The number of amides is 1. The van der Waals surface area contributed by atoms with Crippen molar-refractivity contribution in [2.24, 2.45) is 0 Å². The predicted octanol–water partition coefficient (Wildman–Crippen LogP) is 5.12. The van der Waals surface area contributed by atoms with Gasteiger partial charge in [0.1, 0.15) is 0 Å². The number of hydrogen-bond acceptors (Lipinski definition) is 6. The summed E-state index contributed by atoms with van der Waals surface area (Å²) in [6, 6.07) is 5.45. The van der Waals surface area contributed by atoms with Gasteiger partial charge in [0.05, 0.1) is 5.25 Å². The molecule has 0 saturated carbocycles. The third-order valence-electron chi connectivity index (χ3n) is 2.92. The summed E-state index contributed by atoms with van der Waals surface area (Å²) in [6.07, 6.45) is 1.10. The number of aryl methyl sites for hydroxylation is 1. The Morgan fingerprint density at radius 3 is 2.87 bits per heavy atom. The van der Waals surface area contributed by atoms with E-state index in [4.69, 9.17) is 11.6 Å². The van der Waals surface area contributed by atoms with Crippen molar-refractivity contribution in [3.05, 3.63) is 28.8 Å². The minimum absolute atomic E-state index is 0.0710. The van der Waals surface area contributed by atoms with Gasteiger partial charge >= 0.3 is 0 Å². The highest BCUT2D eigenvalue weighted by Crippen LogP contribution is 2.32. The molecule has 1 atom stereocenters. The van der Waals surface area contributed by atoms with E-state index in [0.29, 0.717) is 5.02 Å². The fourth-order valence-corrected chi connectivity index (χ4v) is 4.92. The van der Waals surface area contributed by atoms with Crippen molar-refractivity contribution in [2.75, 3.05) is 11.1 Å². The van der Waals surface area contributed by atoms with Crippen molar-refractivity contribution < 1.29 is 4.79 Å². The highest BCUT2D eigenvalue weighted by molar-refractivity contribution is 8.03. The Morgan fingerprint density at radius 2 is 2.13 bits per heavy atom. The maximum Gasteiger partial charge on any atom is 0.237 e. The number of nitrogens with one attached hydrogen (secondary N) is 1. The summed E-state index contributed by atoms with van der Waals surface area (Å²) in [5.41, 5.74) is 1.72. The van der Waals surface area contributed by atoms with Crippen molar-refractivity contribution >= 4 is 58.1 Å². The largest absolute Gasteiger partial charge is 0.325 e. The van der Waals surface area contributed by atoms with Gasteiger partial charge in [-0.15, -0.1) is 10.2 Å². The second-order valence-electron chi connectivity index (χ2n) is 4.89. The molecule has 1 aromatic heterocycles. The number of nitrogens with zero attached hydrogens (tertiary/aromatic N) is 2. The molecule has 0 radical (unpaired) electrons. The molecule has 2 aromatic rings. The second kappa shape index (κ2) is 8.92. The van der Waals surface area contributed by atoms with Crippen LogP contribution in [0.2, 0.25) is 5.02 Å². The molecule has 0 bridgehead atoms. The number of hydrogen-bond donors (Lipinski definition) is 1. The van der Waals surface area contributed by atoms with Gasteiger partial charge in [0.15, 0.2) is 8.68 Å². The minimum atomic E-state index is -0.259. The van der Waals surface area contributed by atoms with Crippen molar-refractivity contribution in [2.45, 2.75) is 41.1 Å². The number of anilines is 1. The fraction of sp³-hybridized carbons (Fsp3) is 0.400. The maximum absolute atomic E-state index is 12.3. The van der Waals surface area contributed by atoms with Gasteiger partial charge in [0.2, 0.25) is 5.91 Å². The van der Waals surface area contributed by atoms with Crippen LogP contribution in [0.15, 0.2) is 26.9 Å². The highest BCUT2D eigenvalue weighted by atomic mass is 35.5. The average Bonchev–Trinajstić information content (AvgIpc) is 2.96. The van der Waals surface area contributed by atoms with Gasteiger partial charge in [-0.05, 0) is 38.0 Å². The lowest BCUT2D eigenvalue weighted by Crippen LogP contribution is -2.22. The molecule has 1 amide bonds. The third kappa shape index (κ3) is 5.67. The molecule has 0 unspecified atom stereocenters. The average molecular weight is 388 g/mol. The van der Waals surface area contributed by atoms with Crippen LogP contribution in [0.25, 0.3) is 0 Å². The monoisotopic (exact) mass is 387 g/mol. The molecule has 23 heavy (non-hydrogen) atoms. The summed E-state index contributed by atoms with van der Waals surface area (Å²) < 4.78 is 1.77. The molecular formula is C15H18ClN3OS3. The second-order valence-corrected chi connectivity index (χ2v) is 9.23. The van der Waals surface area contributed by atoms with Crippen LogP contribution in [0.3, 0.4) is 0 Å². The molecule has 1 aromatic carbocycles. The zero-order valence-electron chi connectivity index (χ0n) is 13.1. The number of halogens is 1. The lowest BCUT2D eigenvalue weighted by Gasteiger charge is -2.12. The Hall–Kier alpha value is -0.760. The van der Waals surface area contributed by atoms with Crippen LogP contribution in [-0.2, 0) is 4.79 Å². The first-order valence-corrected chi connectivity index (χ1v) is 10.3. The maximum atomic E-state index is 12.3. The van der Waals surface area contributed by atoms with Crippen LogP contribution in [0, 0.1) is 6.92 Å². The molecule has 2 rings (SSSR count). The van der Waals surface area contributed by atoms with Gasteiger partial charge < -0.3 is 5.32 Å². The Balaban J connectivity index is 1.94. The van der Waals surface area contributed by atoms with E-state index in [1.807, 2.05) is 26.0 Å². The number of thioether (sulfide) groups is 2. The molecule has 0 fully saturated rings. The number of carbonyl (C=O) groups excluding carboxylic acids is 1. The van der Waals surface area contributed by atoms with Gasteiger partial charge in [-0.2, -0.15) is 0 Å². The quantitative estimate of drug-likeness (QED) is 0.668. The zero-order valence-corrected chi connectivity index (χ0v) is 16.3. The van der Waals surface area contributed by atoms with Crippen molar-refractivity contribution in [3.63, 3.8) is 0 Å². The van der Waals surface area contributed by atoms with Crippen LogP contribution in [0.5, 0.6) is 0 Å². The molecule has 1 heterocycles. The van der Waals surface area contributed by atoms with Gasteiger partial charge in [-0.25, -0.2) is 0 Å². The van der Waals surface area contributed by atoms with Crippen LogP contribution in [-0.4, -0.2) is 27.1 Å². The number of rotatable bonds is 7. The smallest absolute Gasteiger partial charge is 0.237 e. The Bertz CT molecular complexity index is 678. The predicted molar refractivity (Wildman–Crippen MR) is 101 cm³/mol. The van der Waals surface area contributed by atoms with E-state index in [2.05, 4.69) is 22.4 Å². The Kier molecular flexibility index (Phi) is 7.20.